The van der Waals surface area contributed by atoms with Gasteiger partial charge in [-0.3, -0.25) is 0 Å². The molecule has 0 bridgehead atoms. The Balaban J connectivity index is 1.54. The first-order valence-electron chi connectivity index (χ1n) is 5.86. The molecule has 0 aliphatic heterocycles. The average molecular weight is 268 g/mol. The molecule has 0 unspecified atom stereocenters. The maximum atomic E-state index is 5.71. The second kappa shape index (κ2) is 4.84. The molecule has 2 nitrogen and oxygen atoms in total. The van der Waals surface area contributed by atoms with E-state index in [1.54, 1.807) is 16.5 Å². The number of rotatable bonds is 4. The Morgan fingerprint density at radius 3 is 3.00 bits per heavy atom. The van der Waals surface area contributed by atoms with Crippen LogP contribution < -0.4 is 5.32 Å². The van der Waals surface area contributed by atoms with Crippen LogP contribution in [0.25, 0.3) is 0 Å². The molecule has 4 heteroatoms. The third-order valence-electron chi connectivity index (χ3n) is 3.02. The Morgan fingerprint density at radius 2 is 2.24 bits per heavy atom. The molecular formula is C13H14ClNOS. The van der Waals surface area contributed by atoms with Gasteiger partial charge >= 0.3 is 0 Å². The summed E-state index contributed by atoms with van der Waals surface area (Å²) in [4.78, 5) is 3.01. The number of thiophene rings is 1. The molecule has 2 aromatic heterocycles. The molecule has 1 aliphatic carbocycles. The van der Waals surface area contributed by atoms with Crippen molar-refractivity contribution in [3.8, 4) is 0 Å². The molecule has 0 radical (unpaired) electrons. The number of fused-ring (bicyclic) bond motifs is 1. The first-order valence-corrected chi connectivity index (χ1v) is 7.06. The van der Waals surface area contributed by atoms with Crippen LogP contribution in [0.3, 0.4) is 0 Å². The van der Waals surface area contributed by atoms with E-state index in [1.165, 1.54) is 24.1 Å². The smallest absolute Gasteiger partial charge is 0.193 e. The molecule has 2 aromatic rings. The van der Waals surface area contributed by atoms with Crippen LogP contribution in [-0.2, 0) is 25.9 Å². The third-order valence-corrected chi connectivity index (χ3v) is 4.47. The molecule has 0 amide bonds. The zero-order chi connectivity index (χ0) is 11.7. The highest BCUT2D eigenvalue weighted by Gasteiger charge is 2.14. The van der Waals surface area contributed by atoms with E-state index >= 15 is 0 Å². The number of furan rings is 1. The summed E-state index contributed by atoms with van der Waals surface area (Å²) in [5.41, 5.74) is 1.56. The average Bonchev–Trinajstić information content (AvgIpc) is 2.94. The van der Waals surface area contributed by atoms with E-state index in [1.807, 2.05) is 17.4 Å². The zero-order valence-corrected chi connectivity index (χ0v) is 11.0. The summed E-state index contributed by atoms with van der Waals surface area (Å²) in [6.45, 7) is 1.64. The van der Waals surface area contributed by atoms with Gasteiger partial charge in [-0.1, -0.05) is 0 Å². The largest absolute Gasteiger partial charge is 0.448 e. The molecule has 0 aromatic carbocycles. The summed E-state index contributed by atoms with van der Waals surface area (Å²) in [7, 11) is 0. The fraction of sp³-hybridized carbons (Fsp3) is 0.385. The molecule has 0 atom stereocenters. The van der Waals surface area contributed by atoms with Crippen molar-refractivity contribution >= 4 is 22.9 Å². The van der Waals surface area contributed by atoms with E-state index in [9.17, 15) is 0 Å². The van der Waals surface area contributed by atoms with Crippen molar-refractivity contribution in [3.63, 3.8) is 0 Å². The topological polar surface area (TPSA) is 25.2 Å². The predicted octanol–water partition coefficient (Wildman–Crippen LogP) is 3.77. The van der Waals surface area contributed by atoms with Crippen LogP contribution in [0.4, 0.5) is 0 Å². The fourth-order valence-corrected chi connectivity index (χ4v) is 3.63. The lowest BCUT2D eigenvalue weighted by molar-refractivity contribution is 0.485. The van der Waals surface area contributed by atoms with Crippen molar-refractivity contribution in [2.75, 3.05) is 0 Å². The van der Waals surface area contributed by atoms with Gasteiger partial charge in [0.15, 0.2) is 5.22 Å². The van der Waals surface area contributed by atoms with Crippen LogP contribution in [-0.4, -0.2) is 0 Å². The molecule has 1 aliphatic rings. The highest BCUT2D eigenvalue weighted by Crippen LogP contribution is 2.30. The molecule has 17 heavy (non-hydrogen) atoms. The standard InChI is InChI=1S/C13H14ClNOS/c14-13-5-4-10(16-13)7-15-8-11-6-9-2-1-3-12(9)17-11/h4-6,15H,1-3,7-8H2. The number of hydrogen-bond acceptors (Lipinski definition) is 3. The Bertz CT molecular complexity index is 496. The van der Waals surface area contributed by atoms with Crippen LogP contribution in [0.5, 0.6) is 0 Å². The maximum Gasteiger partial charge on any atom is 0.193 e. The highest BCUT2D eigenvalue weighted by molar-refractivity contribution is 7.12. The summed E-state index contributed by atoms with van der Waals surface area (Å²) in [5.74, 6) is 0.888. The van der Waals surface area contributed by atoms with Crippen molar-refractivity contribution in [1.29, 1.82) is 0 Å². The van der Waals surface area contributed by atoms with Crippen molar-refractivity contribution in [3.05, 3.63) is 44.5 Å². The molecule has 0 saturated carbocycles. The van der Waals surface area contributed by atoms with Gasteiger partial charge in [-0.2, -0.15) is 0 Å². The van der Waals surface area contributed by atoms with Crippen molar-refractivity contribution < 1.29 is 4.42 Å². The van der Waals surface area contributed by atoms with Crippen molar-refractivity contribution in [2.24, 2.45) is 0 Å². The van der Waals surface area contributed by atoms with Gasteiger partial charge in [0.25, 0.3) is 0 Å². The van der Waals surface area contributed by atoms with Gasteiger partial charge in [0, 0.05) is 16.3 Å². The van der Waals surface area contributed by atoms with Crippen molar-refractivity contribution in [1.82, 2.24) is 5.32 Å². The zero-order valence-electron chi connectivity index (χ0n) is 9.46. The Hall–Kier alpha value is -0.770. The lowest BCUT2D eigenvalue weighted by Crippen LogP contribution is -2.11. The number of halogens is 1. The minimum atomic E-state index is 0.455. The number of nitrogens with one attached hydrogen (secondary N) is 1. The van der Waals surface area contributed by atoms with Crippen LogP contribution in [0, 0.1) is 0 Å². The van der Waals surface area contributed by atoms with Gasteiger partial charge in [0.05, 0.1) is 6.54 Å². The maximum absolute atomic E-state index is 5.71. The second-order valence-electron chi connectivity index (χ2n) is 4.32. The van der Waals surface area contributed by atoms with Crippen LogP contribution in [0.1, 0.15) is 27.5 Å². The van der Waals surface area contributed by atoms with E-state index in [4.69, 9.17) is 16.0 Å². The molecule has 0 spiro atoms. The van der Waals surface area contributed by atoms with E-state index in [2.05, 4.69) is 11.4 Å². The second-order valence-corrected chi connectivity index (χ2v) is 5.92. The quantitative estimate of drug-likeness (QED) is 0.912. The van der Waals surface area contributed by atoms with Gasteiger partial charge in [-0.15, -0.1) is 11.3 Å². The number of hydrogen-bond donors (Lipinski definition) is 1. The number of aryl methyl sites for hydroxylation is 2. The molecular weight excluding hydrogens is 254 g/mol. The normalized spacial score (nSPS) is 14.2. The van der Waals surface area contributed by atoms with Crippen LogP contribution in [0.15, 0.2) is 22.6 Å². The molecule has 0 fully saturated rings. The minimum Gasteiger partial charge on any atom is -0.448 e. The van der Waals surface area contributed by atoms with Gasteiger partial charge in [-0.05, 0) is 54.6 Å². The first kappa shape index (κ1) is 11.3. The molecule has 0 saturated heterocycles. The minimum absolute atomic E-state index is 0.455. The Labute approximate surface area is 110 Å². The van der Waals surface area contributed by atoms with E-state index in [0.29, 0.717) is 5.22 Å². The molecule has 2 heterocycles. The SMILES string of the molecule is Clc1ccc(CNCc2cc3c(s2)CCC3)o1. The summed E-state index contributed by atoms with van der Waals surface area (Å²) in [5, 5.41) is 3.83. The summed E-state index contributed by atoms with van der Waals surface area (Å²) < 4.78 is 5.29. The Kier molecular flexibility index (Phi) is 3.23. The van der Waals surface area contributed by atoms with E-state index in [0.717, 1.165) is 18.8 Å². The monoisotopic (exact) mass is 267 g/mol. The summed E-state index contributed by atoms with van der Waals surface area (Å²) in [6, 6.07) is 6.02. The van der Waals surface area contributed by atoms with Gasteiger partial charge in [0.1, 0.15) is 5.76 Å². The third kappa shape index (κ3) is 2.57. The van der Waals surface area contributed by atoms with Gasteiger partial charge in [-0.25, -0.2) is 0 Å². The lowest BCUT2D eigenvalue weighted by atomic mass is 10.2. The summed E-state index contributed by atoms with van der Waals surface area (Å²) >= 11 is 7.66. The predicted molar refractivity (Wildman–Crippen MR) is 70.6 cm³/mol. The summed E-state index contributed by atoms with van der Waals surface area (Å²) in [6.07, 6.45) is 3.87. The molecule has 90 valence electrons. The molecule has 1 N–H and O–H groups in total. The fourth-order valence-electron chi connectivity index (χ4n) is 2.23. The van der Waals surface area contributed by atoms with Crippen molar-refractivity contribution in [2.45, 2.75) is 32.4 Å². The van der Waals surface area contributed by atoms with Gasteiger partial charge in [0.2, 0.25) is 0 Å². The molecule has 3 rings (SSSR count). The van der Waals surface area contributed by atoms with Crippen LogP contribution in [0.2, 0.25) is 5.22 Å². The van der Waals surface area contributed by atoms with Gasteiger partial charge < -0.3 is 9.73 Å². The Morgan fingerprint density at radius 1 is 1.29 bits per heavy atom. The lowest BCUT2D eigenvalue weighted by Gasteiger charge is -2.00. The van der Waals surface area contributed by atoms with Crippen LogP contribution >= 0.6 is 22.9 Å². The first-order chi connectivity index (χ1) is 8.31. The van der Waals surface area contributed by atoms with E-state index in [-0.39, 0.29) is 0 Å². The van der Waals surface area contributed by atoms with E-state index < -0.39 is 0 Å². The highest BCUT2D eigenvalue weighted by atomic mass is 35.5.